The van der Waals surface area contributed by atoms with Crippen molar-refractivity contribution in [3.05, 3.63) is 59.4 Å². The van der Waals surface area contributed by atoms with E-state index in [1.165, 1.54) is 24.3 Å². The Labute approximate surface area is 111 Å². The Kier molecular flexibility index (Phi) is 3.57. The molecule has 0 radical (unpaired) electrons. The van der Waals surface area contributed by atoms with Crippen molar-refractivity contribution in [2.45, 2.75) is 17.6 Å². The largest absolute Gasteiger partial charge is 0.398 e. The van der Waals surface area contributed by atoms with Crippen molar-refractivity contribution in [3.63, 3.8) is 0 Å². The predicted molar refractivity (Wildman–Crippen MR) is 72.9 cm³/mol. The highest BCUT2D eigenvalue weighted by Gasteiger charge is 2.18. The molecule has 0 aromatic heterocycles. The maximum absolute atomic E-state index is 12.8. The van der Waals surface area contributed by atoms with Crippen LogP contribution in [0.25, 0.3) is 0 Å². The summed E-state index contributed by atoms with van der Waals surface area (Å²) >= 11 is 0. The van der Waals surface area contributed by atoms with E-state index in [9.17, 15) is 12.8 Å². The fourth-order valence-corrected chi connectivity index (χ4v) is 3.37. The first-order chi connectivity index (χ1) is 8.88. The van der Waals surface area contributed by atoms with Crippen LogP contribution in [0, 0.1) is 12.7 Å². The first kappa shape index (κ1) is 13.5. The lowest BCUT2D eigenvalue weighted by Crippen LogP contribution is -2.08. The van der Waals surface area contributed by atoms with Gasteiger partial charge in [0, 0.05) is 0 Å². The van der Waals surface area contributed by atoms with E-state index in [0.717, 1.165) is 5.56 Å². The van der Waals surface area contributed by atoms with E-state index in [2.05, 4.69) is 0 Å². The van der Waals surface area contributed by atoms with Gasteiger partial charge in [-0.2, -0.15) is 0 Å². The van der Waals surface area contributed by atoms with Gasteiger partial charge in [0.05, 0.1) is 16.3 Å². The Balaban J connectivity index is 2.37. The second kappa shape index (κ2) is 5.01. The lowest BCUT2D eigenvalue weighted by Gasteiger charge is -2.08. The fraction of sp³-hybridized carbons (Fsp3) is 0.143. The van der Waals surface area contributed by atoms with Crippen LogP contribution < -0.4 is 5.73 Å². The molecule has 0 unspecified atom stereocenters. The van der Waals surface area contributed by atoms with Crippen LogP contribution in [-0.4, -0.2) is 8.42 Å². The fourth-order valence-electron chi connectivity index (χ4n) is 1.79. The van der Waals surface area contributed by atoms with Gasteiger partial charge >= 0.3 is 0 Å². The highest BCUT2D eigenvalue weighted by atomic mass is 32.2. The van der Waals surface area contributed by atoms with Gasteiger partial charge in [0.2, 0.25) is 0 Å². The number of nitrogens with two attached hydrogens (primary N) is 1. The van der Waals surface area contributed by atoms with Crippen LogP contribution in [0.4, 0.5) is 10.1 Å². The molecule has 2 rings (SSSR count). The number of rotatable bonds is 3. The Hall–Kier alpha value is -1.88. The Morgan fingerprint density at radius 1 is 1.11 bits per heavy atom. The van der Waals surface area contributed by atoms with Crippen LogP contribution in [-0.2, 0) is 15.6 Å². The number of sulfone groups is 1. The molecule has 2 aromatic carbocycles. The third kappa shape index (κ3) is 3.12. The minimum atomic E-state index is -3.53. The van der Waals surface area contributed by atoms with Crippen molar-refractivity contribution in [3.8, 4) is 0 Å². The lowest BCUT2D eigenvalue weighted by atomic mass is 10.2. The molecule has 2 N–H and O–H groups in total. The standard InChI is InChI=1S/C14H14FNO2S/c1-10-2-7-13(16)14(8-10)19(17,18)9-11-3-5-12(15)6-4-11/h2-8H,9,16H2,1H3. The normalized spacial score (nSPS) is 11.5. The number of aryl methyl sites for hydroxylation is 1. The van der Waals surface area contributed by atoms with Crippen molar-refractivity contribution < 1.29 is 12.8 Å². The zero-order valence-corrected chi connectivity index (χ0v) is 11.2. The molecular formula is C14H14FNO2S. The smallest absolute Gasteiger partial charge is 0.184 e. The summed E-state index contributed by atoms with van der Waals surface area (Å²) in [5.74, 6) is -0.586. The van der Waals surface area contributed by atoms with Crippen LogP contribution in [0.1, 0.15) is 11.1 Å². The molecule has 0 saturated carbocycles. The molecular weight excluding hydrogens is 265 g/mol. The van der Waals surface area contributed by atoms with Gasteiger partial charge in [-0.05, 0) is 42.3 Å². The van der Waals surface area contributed by atoms with Crippen molar-refractivity contribution in [1.82, 2.24) is 0 Å². The molecule has 19 heavy (non-hydrogen) atoms. The van der Waals surface area contributed by atoms with Crippen LogP contribution in [0.2, 0.25) is 0 Å². The number of benzene rings is 2. The highest BCUT2D eigenvalue weighted by molar-refractivity contribution is 7.90. The summed E-state index contributed by atoms with van der Waals surface area (Å²) in [5, 5.41) is 0. The molecule has 0 fully saturated rings. The van der Waals surface area contributed by atoms with E-state index < -0.39 is 15.7 Å². The summed E-state index contributed by atoms with van der Waals surface area (Å²) in [5.41, 5.74) is 7.30. The molecule has 0 heterocycles. The van der Waals surface area contributed by atoms with Gasteiger partial charge in [-0.3, -0.25) is 0 Å². The molecule has 0 amide bonds. The maximum Gasteiger partial charge on any atom is 0.184 e. The minimum Gasteiger partial charge on any atom is -0.398 e. The van der Waals surface area contributed by atoms with Crippen LogP contribution in [0.3, 0.4) is 0 Å². The summed E-state index contributed by atoms with van der Waals surface area (Å²) in [6.07, 6.45) is 0. The third-order valence-corrected chi connectivity index (χ3v) is 4.51. The molecule has 5 heteroatoms. The zero-order chi connectivity index (χ0) is 14.0. The van der Waals surface area contributed by atoms with Crippen LogP contribution >= 0.6 is 0 Å². The van der Waals surface area contributed by atoms with Gasteiger partial charge in [-0.25, -0.2) is 12.8 Å². The van der Waals surface area contributed by atoms with E-state index in [-0.39, 0.29) is 16.3 Å². The SMILES string of the molecule is Cc1ccc(N)c(S(=O)(=O)Cc2ccc(F)cc2)c1. The van der Waals surface area contributed by atoms with Crippen molar-refractivity contribution in [2.75, 3.05) is 5.73 Å². The van der Waals surface area contributed by atoms with Crippen molar-refractivity contribution in [2.24, 2.45) is 0 Å². The quantitative estimate of drug-likeness (QED) is 0.879. The summed E-state index contributed by atoms with van der Waals surface area (Å²) in [7, 11) is -3.53. The molecule has 0 bridgehead atoms. The average molecular weight is 279 g/mol. The van der Waals surface area contributed by atoms with E-state index in [0.29, 0.717) is 5.56 Å². The molecule has 0 aliphatic carbocycles. The topological polar surface area (TPSA) is 60.2 Å². The molecule has 0 spiro atoms. The Morgan fingerprint density at radius 3 is 2.37 bits per heavy atom. The average Bonchev–Trinajstić information content (AvgIpc) is 2.35. The molecule has 2 aromatic rings. The van der Waals surface area contributed by atoms with Crippen molar-refractivity contribution >= 4 is 15.5 Å². The number of hydrogen-bond donors (Lipinski definition) is 1. The molecule has 3 nitrogen and oxygen atoms in total. The van der Waals surface area contributed by atoms with Gasteiger partial charge in [-0.1, -0.05) is 18.2 Å². The Morgan fingerprint density at radius 2 is 1.74 bits per heavy atom. The Bertz CT molecular complexity index is 694. The van der Waals surface area contributed by atoms with Gasteiger partial charge in [0.25, 0.3) is 0 Å². The molecule has 100 valence electrons. The van der Waals surface area contributed by atoms with Gasteiger partial charge < -0.3 is 5.73 Å². The first-order valence-corrected chi connectivity index (χ1v) is 7.37. The van der Waals surface area contributed by atoms with Crippen molar-refractivity contribution in [1.29, 1.82) is 0 Å². The second-order valence-electron chi connectivity index (χ2n) is 4.43. The van der Waals surface area contributed by atoms with E-state index in [1.807, 2.05) is 0 Å². The molecule has 0 aliphatic heterocycles. The summed E-state index contributed by atoms with van der Waals surface area (Å²) in [4.78, 5) is 0.122. The van der Waals surface area contributed by atoms with Crippen LogP contribution in [0.5, 0.6) is 0 Å². The second-order valence-corrected chi connectivity index (χ2v) is 6.38. The zero-order valence-electron chi connectivity index (χ0n) is 10.4. The van der Waals surface area contributed by atoms with E-state index in [4.69, 9.17) is 5.73 Å². The van der Waals surface area contributed by atoms with E-state index in [1.54, 1.807) is 25.1 Å². The molecule has 0 saturated heterocycles. The lowest BCUT2D eigenvalue weighted by molar-refractivity contribution is 0.595. The maximum atomic E-state index is 12.8. The van der Waals surface area contributed by atoms with Gasteiger partial charge in [0.1, 0.15) is 5.82 Å². The number of nitrogen functional groups attached to an aromatic ring is 1. The van der Waals surface area contributed by atoms with Crippen LogP contribution in [0.15, 0.2) is 47.4 Å². The first-order valence-electron chi connectivity index (χ1n) is 5.72. The summed E-state index contributed by atoms with van der Waals surface area (Å²) in [6.45, 7) is 1.80. The number of anilines is 1. The monoisotopic (exact) mass is 279 g/mol. The highest BCUT2D eigenvalue weighted by Crippen LogP contribution is 2.23. The van der Waals surface area contributed by atoms with E-state index >= 15 is 0 Å². The molecule has 0 atom stereocenters. The number of hydrogen-bond acceptors (Lipinski definition) is 3. The van der Waals surface area contributed by atoms with Gasteiger partial charge in [0.15, 0.2) is 9.84 Å². The summed E-state index contributed by atoms with van der Waals surface area (Å²) < 4.78 is 37.4. The minimum absolute atomic E-state index is 0.122. The van der Waals surface area contributed by atoms with Gasteiger partial charge in [-0.15, -0.1) is 0 Å². The summed E-state index contributed by atoms with van der Waals surface area (Å²) in [6, 6.07) is 10.3. The molecule has 0 aliphatic rings. The third-order valence-electron chi connectivity index (χ3n) is 2.77. The predicted octanol–water partition coefficient (Wildman–Crippen LogP) is 2.69. The number of halogens is 1.